The molecule has 3 nitrogen and oxygen atoms in total. The SMILES string of the molecule is CS(=O)(=O)[O-].Cc1ccc(C)c(-c2csc([SH+]c3ccccc3)c2-c2cc(C)ccc2C)c1. The molecule has 4 rings (SSSR count). The monoisotopic (exact) mass is 496 g/mol. The third kappa shape index (κ3) is 7.05. The van der Waals surface area contributed by atoms with Crippen LogP contribution in [0.1, 0.15) is 22.3 Å². The summed E-state index contributed by atoms with van der Waals surface area (Å²) in [6.45, 7) is 8.80. The van der Waals surface area contributed by atoms with Crippen LogP contribution in [0.5, 0.6) is 0 Å². The van der Waals surface area contributed by atoms with E-state index in [9.17, 15) is 0 Å². The van der Waals surface area contributed by atoms with E-state index in [1.807, 2.05) is 11.3 Å². The van der Waals surface area contributed by atoms with Gasteiger partial charge in [0.25, 0.3) is 0 Å². The van der Waals surface area contributed by atoms with Crippen molar-refractivity contribution in [3.05, 3.63) is 94.4 Å². The molecule has 0 fully saturated rings. The van der Waals surface area contributed by atoms with Crippen LogP contribution in [0.2, 0.25) is 0 Å². The molecule has 0 N–H and O–H groups in total. The quantitative estimate of drug-likeness (QED) is 0.179. The molecular formula is C27H28O3S3. The Morgan fingerprint density at radius 3 is 1.85 bits per heavy atom. The highest BCUT2D eigenvalue weighted by atomic mass is 32.2. The summed E-state index contributed by atoms with van der Waals surface area (Å²) in [4.78, 5) is 1.34. The van der Waals surface area contributed by atoms with E-state index < -0.39 is 10.1 Å². The maximum Gasteiger partial charge on any atom is 0.220 e. The maximum absolute atomic E-state index is 9.08. The summed E-state index contributed by atoms with van der Waals surface area (Å²) >= 11 is 3.15. The predicted octanol–water partition coefficient (Wildman–Crippen LogP) is 6.71. The van der Waals surface area contributed by atoms with Gasteiger partial charge in [-0.3, -0.25) is 0 Å². The van der Waals surface area contributed by atoms with Crippen molar-refractivity contribution < 1.29 is 13.0 Å². The van der Waals surface area contributed by atoms with Crippen molar-refractivity contribution in [2.24, 2.45) is 0 Å². The fraction of sp³-hybridized carbons (Fsp3) is 0.185. The topological polar surface area (TPSA) is 57.2 Å². The molecule has 0 atom stereocenters. The highest BCUT2D eigenvalue weighted by molar-refractivity contribution is 7.84. The third-order valence-corrected chi connectivity index (χ3v) is 7.46. The predicted molar refractivity (Wildman–Crippen MR) is 141 cm³/mol. The fourth-order valence-electron chi connectivity index (χ4n) is 3.54. The molecule has 0 amide bonds. The Bertz CT molecular complexity index is 1350. The highest BCUT2D eigenvalue weighted by Crippen LogP contribution is 2.44. The van der Waals surface area contributed by atoms with E-state index in [4.69, 9.17) is 13.0 Å². The lowest BCUT2D eigenvalue weighted by Gasteiger charge is -2.12. The first-order valence-corrected chi connectivity index (χ1v) is 14.1. The van der Waals surface area contributed by atoms with Crippen LogP contribution in [0.4, 0.5) is 0 Å². The molecule has 1 aromatic heterocycles. The summed E-state index contributed by atoms with van der Waals surface area (Å²) < 4.78 is 28.6. The first kappa shape index (κ1) is 25.2. The lowest BCUT2D eigenvalue weighted by Crippen LogP contribution is -1.92. The Balaban J connectivity index is 0.000000555. The Morgan fingerprint density at radius 2 is 1.27 bits per heavy atom. The van der Waals surface area contributed by atoms with Crippen molar-refractivity contribution in [2.75, 3.05) is 6.26 Å². The lowest BCUT2D eigenvalue weighted by molar-refractivity contribution is 0.470. The van der Waals surface area contributed by atoms with Crippen LogP contribution >= 0.6 is 11.3 Å². The summed E-state index contributed by atoms with van der Waals surface area (Å²) in [6.07, 6.45) is 0.604. The standard InChI is InChI=1S/C26H24S2.CH4O3S/c1-17-10-12-19(3)22(14-17)24-16-27-26(28-21-8-6-5-7-9-21)25(24)23-15-18(2)11-13-20(23)4;1-5(2,3)4/h5-16H,1-4H3;1H3,(H,2,3,4). The van der Waals surface area contributed by atoms with Gasteiger partial charge in [-0.2, -0.15) is 0 Å². The van der Waals surface area contributed by atoms with Gasteiger partial charge in [0.15, 0.2) is 4.90 Å². The zero-order valence-electron chi connectivity index (χ0n) is 19.4. The fourth-order valence-corrected chi connectivity index (χ4v) is 5.95. The molecule has 33 heavy (non-hydrogen) atoms. The highest BCUT2D eigenvalue weighted by Gasteiger charge is 2.24. The number of aryl methyl sites for hydroxylation is 4. The van der Waals surface area contributed by atoms with Crippen molar-refractivity contribution in [3.63, 3.8) is 0 Å². The zero-order chi connectivity index (χ0) is 24.2. The Hall–Kier alpha value is -2.38. The van der Waals surface area contributed by atoms with Crippen molar-refractivity contribution in [2.45, 2.75) is 36.8 Å². The molecule has 4 aromatic rings. The average Bonchev–Trinajstić information content (AvgIpc) is 3.14. The van der Waals surface area contributed by atoms with Gasteiger partial charge in [-0.15, -0.1) is 0 Å². The van der Waals surface area contributed by atoms with Gasteiger partial charge in [0.1, 0.15) is 0 Å². The summed E-state index contributed by atoms with van der Waals surface area (Å²) in [5.74, 6) is 0. The number of rotatable bonds is 4. The normalized spacial score (nSPS) is 11.1. The van der Waals surface area contributed by atoms with Gasteiger partial charge < -0.3 is 4.55 Å². The summed E-state index contributed by atoms with van der Waals surface area (Å²) in [7, 11) is -3.92. The van der Waals surface area contributed by atoms with Gasteiger partial charge in [0.2, 0.25) is 4.21 Å². The number of thiophene rings is 1. The Morgan fingerprint density at radius 1 is 0.758 bits per heavy atom. The lowest BCUT2D eigenvalue weighted by atomic mass is 9.92. The van der Waals surface area contributed by atoms with E-state index in [-0.39, 0.29) is 0 Å². The number of thiol groups is 1. The Labute approximate surface area is 205 Å². The average molecular weight is 497 g/mol. The minimum Gasteiger partial charge on any atom is -0.748 e. The van der Waals surface area contributed by atoms with Crippen LogP contribution in [-0.2, 0) is 21.9 Å². The maximum atomic E-state index is 9.08. The van der Waals surface area contributed by atoms with E-state index in [1.165, 1.54) is 65.4 Å². The molecular weight excluding hydrogens is 468 g/mol. The smallest absolute Gasteiger partial charge is 0.220 e. The minimum absolute atomic E-state index is 0.604. The molecule has 0 saturated carbocycles. The van der Waals surface area contributed by atoms with E-state index in [2.05, 4.69) is 99.8 Å². The summed E-state index contributed by atoms with van der Waals surface area (Å²) in [5.41, 5.74) is 10.7. The number of hydrogen-bond acceptors (Lipinski definition) is 4. The van der Waals surface area contributed by atoms with Crippen LogP contribution in [0.25, 0.3) is 22.3 Å². The largest absolute Gasteiger partial charge is 0.748 e. The molecule has 1 heterocycles. The molecule has 0 aliphatic carbocycles. The first-order valence-electron chi connectivity index (χ1n) is 10.5. The van der Waals surface area contributed by atoms with Gasteiger partial charge >= 0.3 is 0 Å². The van der Waals surface area contributed by atoms with Crippen molar-refractivity contribution >= 4 is 33.2 Å². The van der Waals surface area contributed by atoms with Crippen LogP contribution < -0.4 is 0 Å². The van der Waals surface area contributed by atoms with Crippen LogP contribution in [-0.4, -0.2) is 19.2 Å². The van der Waals surface area contributed by atoms with Crippen molar-refractivity contribution in [1.29, 1.82) is 0 Å². The second-order valence-corrected chi connectivity index (χ2v) is 11.9. The van der Waals surface area contributed by atoms with Crippen molar-refractivity contribution in [3.8, 4) is 22.3 Å². The third-order valence-electron chi connectivity index (χ3n) is 5.10. The molecule has 0 saturated heterocycles. The van der Waals surface area contributed by atoms with E-state index >= 15 is 0 Å². The van der Waals surface area contributed by atoms with Crippen LogP contribution in [0, 0.1) is 27.7 Å². The molecule has 6 heteroatoms. The van der Waals surface area contributed by atoms with Gasteiger partial charge in [-0.25, -0.2) is 8.42 Å². The molecule has 0 bridgehead atoms. The summed E-state index contributed by atoms with van der Waals surface area (Å²) in [5, 5.41) is 2.35. The number of benzene rings is 3. The second kappa shape index (κ2) is 10.7. The Kier molecular flexibility index (Phi) is 8.19. The van der Waals surface area contributed by atoms with Gasteiger partial charge in [-0.1, -0.05) is 77.1 Å². The van der Waals surface area contributed by atoms with Crippen molar-refractivity contribution in [1.82, 2.24) is 0 Å². The molecule has 0 radical (unpaired) electrons. The van der Waals surface area contributed by atoms with Crippen LogP contribution in [0.3, 0.4) is 0 Å². The second-order valence-electron chi connectivity index (χ2n) is 8.12. The van der Waals surface area contributed by atoms with Gasteiger partial charge in [0, 0.05) is 17.2 Å². The zero-order valence-corrected chi connectivity index (χ0v) is 21.9. The minimum atomic E-state index is -3.92. The molecule has 172 valence electrons. The molecule has 0 unspecified atom stereocenters. The first-order chi connectivity index (χ1) is 15.5. The molecule has 3 aromatic carbocycles. The molecule has 0 aliphatic heterocycles. The number of hydrogen-bond donors (Lipinski definition) is 0. The van der Waals surface area contributed by atoms with Gasteiger partial charge in [-0.05, 0) is 62.1 Å². The molecule has 0 spiro atoms. The summed E-state index contributed by atoms with van der Waals surface area (Å²) in [6, 6.07) is 24.3. The molecule has 0 aliphatic rings. The van der Waals surface area contributed by atoms with E-state index in [0.717, 1.165) is 0 Å². The van der Waals surface area contributed by atoms with E-state index in [1.54, 1.807) is 0 Å². The van der Waals surface area contributed by atoms with Crippen LogP contribution in [0.15, 0.2) is 81.2 Å². The van der Waals surface area contributed by atoms with Gasteiger partial charge in [0.05, 0.1) is 27.4 Å². The van der Waals surface area contributed by atoms with E-state index in [0.29, 0.717) is 6.26 Å².